The molecular weight excluding hydrogens is 500 g/mol. The molecule has 2 aliphatic rings. The van der Waals surface area contributed by atoms with Crippen molar-refractivity contribution in [2.75, 3.05) is 36.1 Å². The first-order valence-corrected chi connectivity index (χ1v) is 13.7. The lowest BCUT2D eigenvalue weighted by Crippen LogP contribution is -2.36. The zero-order chi connectivity index (χ0) is 25.2. The summed E-state index contributed by atoms with van der Waals surface area (Å²) in [6, 6.07) is 26.8. The van der Waals surface area contributed by atoms with E-state index in [-0.39, 0.29) is 12.1 Å². The lowest BCUT2D eigenvalue weighted by atomic mass is 10.0. The molecule has 1 N–H and O–H groups in total. The topological polar surface area (TPSA) is 53.8 Å². The fourth-order valence-electron chi connectivity index (χ4n) is 4.84. The second-order valence-electron chi connectivity index (χ2n) is 9.18. The largest absolute Gasteiger partial charge is 0.452 e. The Morgan fingerprint density at radius 3 is 2.41 bits per heavy atom. The molecule has 2 aliphatic heterocycles. The highest BCUT2D eigenvalue weighted by Gasteiger charge is 2.42. The number of thiocarbonyl (C=S) groups is 1. The third kappa shape index (κ3) is 5.09. The van der Waals surface area contributed by atoms with Crippen molar-refractivity contribution in [1.82, 2.24) is 10.3 Å². The summed E-state index contributed by atoms with van der Waals surface area (Å²) in [5, 5.41) is 5.01. The van der Waals surface area contributed by atoms with E-state index in [1.165, 1.54) is 11.3 Å². The van der Waals surface area contributed by atoms with Crippen molar-refractivity contribution < 1.29 is 9.15 Å². The number of rotatable bonds is 6. The van der Waals surface area contributed by atoms with Crippen molar-refractivity contribution in [2.45, 2.75) is 29.0 Å². The number of nitrogens with zero attached hydrogens (tertiary/aromatic N) is 3. The third-order valence-electron chi connectivity index (χ3n) is 6.74. The van der Waals surface area contributed by atoms with E-state index in [2.05, 4.69) is 81.6 Å². The molecule has 188 valence electrons. The smallest absolute Gasteiger partial charge is 0.174 e. The monoisotopic (exact) mass is 528 g/mol. The van der Waals surface area contributed by atoms with Crippen LogP contribution in [0.5, 0.6) is 0 Å². The fraction of sp³-hybridized carbons (Fsp3) is 0.241. The zero-order valence-electron chi connectivity index (χ0n) is 20.5. The van der Waals surface area contributed by atoms with Gasteiger partial charge in [0, 0.05) is 35.6 Å². The summed E-state index contributed by atoms with van der Waals surface area (Å²) in [7, 11) is 0. The van der Waals surface area contributed by atoms with Crippen LogP contribution >= 0.6 is 24.0 Å². The highest BCUT2D eigenvalue weighted by atomic mass is 32.2. The van der Waals surface area contributed by atoms with Gasteiger partial charge < -0.3 is 24.3 Å². The molecule has 0 spiro atoms. The summed E-state index contributed by atoms with van der Waals surface area (Å²) in [5.74, 6) is 0.842. The molecule has 2 fully saturated rings. The Kier molecular flexibility index (Phi) is 6.87. The van der Waals surface area contributed by atoms with Gasteiger partial charge in [-0.2, -0.15) is 0 Å². The first kappa shape index (κ1) is 24.0. The maximum atomic E-state index is 6.44. The van der Waals surface area contributed by atoms with Gasteiger partial charge in [-0.1, -0.05) is 35.5 Å². The van der Waals surface area contributed by atoms with Crippen LogP contribution in [-0.4, -0.2) is 36.4 Å². The molecule has 6 rings (SSSR count). The predicted molar refractivity (Wildman–Crippen MR) is 151 cm³/mol. The minimum absolute atomic E-state index is 0.143. The molecule has 6 nitrogen and oxygen atoms in total. The Hall–Kier alpha value is -3.33. The standard InChI is InChI=1S/C29H28N4O2S2/c1-20-5-11-23(12-6-20)37-26-14-13-25(35-26)28-27(24-4-2-3-15-30-24)31-29(36)33(28)22-9-7-21(8-10-22)32-16-18-34-19-17-32/h2-15,27-28H,16-19H2,1H3,(H,31,36)/t27-,28+/m1/s1. The molecule has 0 aliphatic carbocycles. The highest BCUT2D eigenvalue weighted by molar-refractivity contribution is 7.99. The molecule has 0 bridgehead atoms. The summed E-state index contributed by atoms with van der Waals surface area (Å²) in [4.78, 5) is 10.3. The normalized spacial score (nSPS) is 19.8. The van der Waals surface area contributed by atoms with Gasteiger partial charge >= 0.3 is 0 Å². The van der Waals surface area contributed by atoms with Crippen LogP contribution in [0.3, 0.4) is 0 Å². The van der Waals surface area contributed by atoms with Gasteiger partial charge in [-0.15, -0.1) is 0 Å². The van der Waals surface area contributed by atoms with Crippen LogP contribution in [0, 0.1) is 6.92 Å². The van der Waals surface area contributed by atoms with Crippen LogP contribution in [0.1, 0.15) is 29.1 Å². The molecule has 2 saturated heterocycles. The van der Waals surface area contributed by atoms with E-state index >= 15 is 0 Å². The molecule has 0 saturated carbocycles. The third-order valence-corrected chi connectivity index (χ3v) is 7.98. The van der Waals surface area contributed by atoms with E-state index in [9.17, 15) is 0 Å². The zero-order valence-corrected chi connectivity index (χ0v) is 22.2. The molecule has 4 aromatic rings. The van der Waals surface area contributed by atoms with Crippen LogP contribution < -0.4 is 15.1 Å². The number of hydrogen-bond donors (Lipinski definition) is 1. The molecular formula is C29H28N4O2S2. The molecule has 0 unspecified atom stereocenters. The lowest BCUT2D eigenvalue weighted by molar-refractivity contribution is 0.122. The van der Waals surface area contributed by atoms with Crippen LogP contribution in [0.4, 0.5) is 11.4 Å². The van der Waals surface area contributed by atoms with E-state index < -0.39 is 0 Å². The maximum Gasteiger partial charge on any atom is 0.174 e. The van der Waals surface area contributed by atoms with Crippen LogP contribution in [0.2, 0.25) is 0 Å². The predicted octanol–water partition coefficient (Wildman–Crippen LogP) is 6.15. The van der Waals surface area contributed by atoms with E-state index in [0.29, 0.717) is 5.11 Å². The number of ether oxygens (including phenoxy) is 1. The van der Waals surface area contributed by atoms with Crippen molar-refractivity contribution in [2.24, 2.45) is 0 Å². The number of anilines is 2. The summed E-state index contributed by atoms with van der Waals surface area (Å²) >= 11 is 7.49. The highest BCUT2D eigenvalue weighted by Crippen LogP contribution is 2.43. The fourth-order valence-corrected chi connectivity index (χ4v) is 5.96. The second-order valence-corrected chi connectivity index (χ2v) is 10.6. The van der Waals surface area contributed by atoms with Gasteiger partial charge in [0.25, 0.3) is 0 Å². The summed E-state index contributed by atoms with van der Waals surface area (Å²) in [6.45, 7) is 5.42. The molecule has 4 heterocycles. The first-order chi connectivity index (χ1) is 18.2. The SMILES string of the molecule is Cc1ccc(Sc2ccc([C@H]3[C@@H](c4ccccn4)NC(=S)N3c3ccc(N4CCOCC4)cc3)o2)cc1. The van der Waals surface area contributed by atoms with Crippen molar-refractivity contribution >= 4 is 40.5 Å². The number of nitrogens with one attached hydrogen (secondary N) is 1. The van der Waals surface area contributed by atoms with Crippen LogP contribution in [0.25, 0.3) is 0 Å². The first-order valence-electron chi connectivity index (χ1n) is 12.4. The quantitative estimate of drug-likeness (QED) is 0.299. The lowest BCUT2D eigenvalue weighted by Gasteiger charge is -2.30. The second kappa shape index (κ2) is 10.6. The van der Waals surface area contributed by atoms with Gasteiger partial charge in [-0.25, -0.2) is 0 Å². The molecule has 2 atom stereocenters. The average Bonchev–Trinajstić information content (AvgIpc) is 3.55. The minimum Gasteiger partial charge on any atom is -0.452 e. The number of morpholine rings is 1. The number of furan rings is 1. The summed E-state index contributed by atoms with van der Waals surface area (Å²) in [5.41, 5.74) is 4.37. The molecule has 2 aromatic carbocycles. The summed E-state index contributed by atoms with van der Waals surface area (Å²) < 4.78 is 12.0. The Morgan fingerprint density at radius 2 is 1.68 bits per heavy atom. The maximum absolute atomic E-state index is 6.44. The molecule has 8 heteroatoms. The minimum atomic E-state index is -0.177. The molecule has 0 amide bonds. The number of aryl methyl sites for hydroxylation is 1. The van der Waals surface area contributed by atoms with Gasteiger partial charge in [0.05, 0.1) is 24.9 Å². The average molecular weight is 529 g/mol. The number of pyridine rings is 1. The van der Waals surface area contributed by atoms with Gasteiger partial charge in [0.15, 0.2) is 10.2 Å². The van der Waals surface area contributed by atoms with Gasteiger partial charge in [-0.3, -0.25) is 4.98 Å². The Morgan fingerprint density at radius 1 is 0.919 bits per heavy atom. The van der Waals surface area contributed by atoms with E-state index in [0.717, 1.165) is 53.4 Å². The molecule has 2 aromatic heterocycles. The van der Waals surface area contributed by atoms with Gasteiger partial charge in [0.2, 0.25) is 0 Å². The van der Waals surface area contributed by atoms with E-state index in [4.69, 9.17) is 21.4 Å². The Balaban J connectivity index is 1.32. The number of hydrogen-bond acceptors (Lipinski definition) is 6. The molecule has 37 heavy (non-hydrogen) atoms. The summed E-state index contributed by atoms with van der Waals surface area (Å²) in [6.07, 6.45) is 1.82. The van der Waals surface area contributed by atoms with Crippen molar-refractivity contribution in [3.8, 4) is 0 Å². The van der Waals surface area contributed by atoms with Gasteiger partial charge in [0.1, 0.15) is 11.8 Å². The van der Waals surface area contributed by atoms with Crippen molar-refractivity contribution in [3.63, 3.8) is 0 Å². The van der Waals surface area contributed by atoms with E-state index in [1.807, 2.05) is 30.5 Å². The Bertz CT molecular complexity index is 1350. The van der Waals surface area contributed by atoms with Crippen LogP contribution in [-0.2, 0) is 4.74 Å². The van der Waals surface area contributed by atoms with Gasteiger partial charge in [-0.05, 0) is 79.8 Å². The molecule has 0 radical (unpaired) electrons. The number of aromatic nitrogens is 1. The van der Waals surface area contributed by atoms with Crippen molar-refractivity contribution in [1.29, 1.82) is 0 Å². The van der Waals surface area contributed by atoms with E-state index in [1.54, 1.807) is 11.8 Å². The Labute approximate surface area is 226 Å². The van der Waals surface area contributed by atoms with Crippen molar-refractivity contribution in [3.05, 3.63) is 102 Å². The number of benzene rings is 2. The van der Waals surface area contributed by atoms with Crippen LogP contribution in [0.15, 0.2) is 99.5 Å².